The van der Waals surface area contributed by atoms with Crippen LogP contribution in [0.4, 0.5) is 0 Å². The monoisotopic (exact) mass is 238 g/mol. The Morgan fingerprint density at radius 2 is 2.25 bits per heavy atom. The Kier molecular flexibility index (Phi) is 3.53. The molecule has 0 radical (unpaired) electrons. The number of benzene rings is 1. The van der Waals surface area contributed by atoms with Gasteiger partial charge >= 0.3 is 0 Å². The van der Waals surface area contributed by atoms with Crippen molar-refractivity contribution in [3.63, 3.8) is 0 Å². The van der Waals surface area contributed by atoms with E-state index in [9.17, 15) is 0 Å². The van der Waals surface area contributed by atoms with E-state index in [1.165, 1.54) is 18.4 Å². The Balaban J connectivity index is 2.31. The topological polar surface area (TPSA) is 15.3 Å². The van der Waals surface area contributed by atoms with E-state index in [1.807, 2.05) is 12.1 Å². The number of nitrogens with zero attached hydrogens (tertiary/aromatic N) is 1. The lowest BCUT2D eigenvalue weighted by molar-refractivity contribution is 0.260. The Labute approximate surface area is 103 Å². The molecular formula is C13H19ClN2. The summed E-state index contributed by atoms with van der Waals surface area (Å²) in [5.74, 6) is 0. The summed E-state index contributed by atoms with van der Waals surface area (Å²) in [4.78, 5) is 2.24. The molecule has 0 amide bonds. The van der Waals surface area contributed by atoms with E-state index >= 15 is 0 Å². The van der Waals surface area contributed by atoms with Crippen LogP contribution in [0.2, 0.25) is 5.02 Å². The van der Waals surface area contributed by atoms with Gasteiger partial charge < -0.3 is 10.2 Å². The zero-order chi connectivity index (χ0) is 11.6. The minimum atomic E-state index is 0.0917. The highest BCUT2D eigenvalue weighted by Crippen LogP contribution is 2.32. The van der Waals surface area contributed by atoms with Crippen LogP contribution in [0.25, 0.3) is 0 Å². The molecule has 1 atom stereocenters. The molecule has 2 nitrogen and oxygen atoms in total. The van der Waals surface area contributed by atoms with Crippen LogP contribution in [0.5, 0.6) is 0 Å². The quantitative estimate of drug-likeness (QED) is 0.871. The van der Waals surface area contributed by atoms with E-state index < -0.39 is 0 Å². The van der Waals surface area contributed by atoms with Crippen molar-refractivity contribution >= 4 is 11.6 Å². The lowest BCUT2D eigenvalue weighted by Gasteiger charge is -2.33. The van der Waals surface area contributed by atoms with E-state index in [1.54, 1.807) is 0 Å². The van der Waals surface area contributed by atoms with Crippen LogP contribution in [0.3, 0.4) is 0 Å². The van der Waals surface area contributed by atoms with Gasteiger partial charge in [0.1, 0.15) is 0 Å². The molecule has 3 heteroatoms. The second-order valence-electron chi connectivity index (χ2n) is 4.86. The second kappa shape index (κ2) is 4.74. The van der Waals surface area contributed by atoms with Gasteiger partial charge in [0, 0.05) is 11.6 Å². The molecule has 1 N–H and O–H groups in total. The van der Waals surface area contributed by atoms with Gasteiger partial charge in [0.25, 0.3) is 0 Å². The van der Waals surface area contributed by atoms with Crippen molar-refractivity contribution in [2.45, 2.75) is 18.4 Å². The minimum Gasteiger partial charge on any atom is -0.307 e. The fourth-order valence-corrected chi connectivity index (χ4v) is 2.80. The molecule has 1 aromatic carbocycles. The van der Waals surface area contributed by atoms with Crippen molar-refractivity contribution in [3.8, 4) is 0 Å². The molecule has 1 aromatic rings. The number of halogens is 1. The van der Waals surface area contributed by atoms with Crippen molar-refractivity contribution in [2.24, 2.45) is 0 Å². The maximum absolute atomic E-state index is 6.08. The molecule has 1 aliphatic heterocycles. The molecule has 0 aromatic heterocycles. The molecule has 0 aliphatic carbocycles. The van der Waals surface area contributed by atoms with Gasteiger partial charge in [-0.05, 0) is 51.2 Å². The van der Waals surface area contributed by atoms with Crippen LogP contribution in [-0.4, -0.2) is 32.1 Å². The van der Waals surface area contributed by atoms with Gasteiger partial charge in [-0.2, -0.15) is 0 Å². The smallest absolute Gasteiger partial charge is 0.0564 e. The van der Waals surface area contributed by atoms with Crippen molar-refractivity contribution in [1.29, 1.82) is 0 Å². The van der Waals surface area contributed by atoms with E-state index in [0.29, 0.717) is 0 Å². The summed E-state index contributed by atoms with van der Waals surface area (Å²) < 4.78 is 0. The summed E-state index contributed by atoms with van der Waals surface area (Å²) in [5, 5.41) is 4.47. The zero-order valence-corrected chi connectivity index (χ0v) is 10.7. The predicted octanol–water partition coefficient (Wildman–Crippen LogP) is 2.48. The summed E-state index contributed by atoms with van der Waals surface area (Å²) in [7, 11) is 4.23. The first-order chi connectivity index (χ1) is 7.62. The minimum absolute atomic E-state index is 0.0917. The molecule has 2 rings (SSSR count). The number of rotatable bonds is 3. The SMILES string of the molecule is CN(C)CC1(c2cccc(Cl)c2)CCCN1. The molecule has 1 aliphatic rings. The first kappa shape index (κ1) is 11.9. The number of likely N-dealkylation sites (N-methyl/N-ethyl adjacent to an activating group) is 1. The van der Waals surface area contributed by atoms with Crippen LogP contribution in [0, 0.1) is 0 Å². The van der Waals surface area contributed by atoms with Crippen LogP contribution in [-0.2, 0) is 5.54 Å². The maximum atomic E-state index is 6.08. The second-order valence-corrected chi connectivity index (χ2v) is 5.30. The predicted molar refractivity (Wildman–Crippen MR) is 68.9 cm³/mol. The van der Waals surface area contributed by atoms with Crippen LogP contribution in [0.1, 0.15) is 18.4 Å². The van der Waals surface area contributed by atoms with Crippen molar-refractivity contribution in [2.75, 3.05) is 27.2 Å². The van der Waals surface area contributed by atoms with Crippen LogP contribution >= 0.6 is 11.6 Å². The van der Waals surface area contributed by atoms with Gasteiger partial charge in [-0.1, -0.05) is 23.7 Å². The highest BCUT2D eigenvalue weighted by Gasteiger charge is 2.35. The third-order valence-corrected chi connectivity index (χ3v) is 3.44. The van der Waals surface area contributed by atoms with Crippen LogP contribution in [0.15, 0.2) is 24.3 Å². The van der Waals surface area contributed by atoms with Crippen molar-refractivity contribution < 1.29 is 0 Å². The number of nitrogens with one attached hydrogen (secondary N) is 1. The molecule has 0 bridgehead atoms. The molecule has 16 heavy (non-hydrogen) atoms. The Morgan fingerprint density at radius 1 is 1.44 bits per heavy atom. The zero-order valence-electron chi connectivity index (χ0n) is 9.96. The van der Waals surface area contributed by atoms with E-state index in [-0.39, 0.29) is 5.54 Å². The number of hydrogen-bond acceptors (Lipinski definition) is 2. The van der Waals surface area contributed by atoms with Gasteiger partial charge in [-0.3, -0.25) is 0 Å². The molecule has 1 unspecified atom stereocenters. The van der Waals surface area contributed by atoms with E-state index in [0.717, 1.165) is 18.1 Å². The lowest BCUT2D eigenvalue weighted by atomic mass is 9.88. The maximum Gasteiger partial charge on any atom is 0.0564 e. The summed E-state index contributed by atoms with van der Waals surface area (Å²) in [6.45, 7) is 2.12. The Bertz CT molecular complexity index is 357. The average molecular weight is 239 g/mol. The first-order valence-electron chi connectivity index (χ1n) is 5.78. The first-order valence-corrected chi connectivity index (χ1v) is 6.16. The van der Waals surface area contributed by atoms with Crippen LogP contribution < -0.4 is 5.32 Å². The molecule has 88 valence electrons. The van der Waals surface area contributed by atoms with Gasteiger partial charge in [0.05, 0.1) is 5.54 Å². The van der Waals surface area contributed by atoms with Gasteiger partial charge in [0.15, 0.2) is 0 Å². The molecule has 0 spiro atoms. The standard InChI is InChI=1S/C13H19ClN2/c1-16(2)10-13(7-4-8-15-13)11-5-3-6-12(14)9-11/h3,5-6,9,15H,4,7-8,10H2,1-2H3. The summed E-state index contributed by atoms with van der Waals surface area (Å²) in [6.07, 6.45) is 2.42. The normalized spacial score (nSPS) is 25.2. The van der Waals surface area contributed by atoms with Gasteiger partial charge in [-0.15, -0.1) is 0 Å². The Morgan fingerprint density at radius 3 is 2.81 bits per heavy atom. The van der Waals surface area contributed by atoms with E-state index in [2.05, 4.69) is 36.4 Å². The Hall–Kier alpha value is -0.570. The fraction of sp³-hybridized carbons (Fsp3) is 0.538. The molecular weight excluding hydrogens is 220 g/mol. The van der Waals surface area contributed by atoms with Crippen molar-refractivity contribution in [3.05, 3.63) is 34.9 Å². The summed E-state index contributed by atoms with van der Waals surface area (Å²) in [6, 6.07) is 8.23. The third-order valence-electron chi connectivity index (χ3n) is 3.21. The molecule has 1 fully saturated rings. The molecule has 1 saturated heterocycles. The summed E-state index contributed by atoms with van der Waals surface area (Å²) in [5.41, 5.74) is 1.40. The summed E-state index contributed by atoms with van der Waals surface area (Å²) >= 11 is 6.08. The fourth-order valence-electron chi connectivity index (χ4n) is 2.60. The largest absolute Gasteiger partial charge is 0.307 e. The number of hydrogen-bond donors (Lipinski definition) is 1. The lowest BCUT2D eigenvalue weighted by Crippen LogP contribution is -2.45. The molecule has 1 heterocycles. The van der Waals surface area contributed by atoms with Gasteiger partial charge in [0.2, 0.25) is 0 Å². The highest BCUT2D eigenvalue weighted by atomic mass is 35.5. The molecule has 0 saturated carbocycles. The van der Waals surface area contributed by atoms with Crippen molar-refractivity contribution in [1.82, 2.24) is 10.2 Å². The third kappa shape index (κ3) is 2.40. The highest BCUT2D eigenvalue weighted by molar-refractivity contribution is 6.30. The average Bonchev–Trinajstić information content (AvgIpc) is 2.66. The van der Waals surface area contributed by atoms with Gasteiger partial charge in [-0.25, -0.2) is 0 Å². The van der Waals surface area contributed by atoms with E-state index in [4.69, 9.17) is 11.6 Å².